The first kappa shape index (κ1) is 13.4. The van der Waals surface area contributed by atoms with Crippen LogP contribution in [0.5, 0.6) is 0 Å². The van der Waals surface area contributed by atoms with Crippen molar-refractivity contribution in [1.82, 2.24) is 5.43 Å². The maximum atomic E-state index is 11.2. The first-order valence-corrected chi connectivity index (χ1v) is 6.43. The number of nitrogens with one attached hydrogen (secondary N) is 1. The van der Waals surface area contributed by atoms with Gasteiger partial charge in [0, 0.05) is 18.7 Å². The van der Waals surface area contributed by atoms with Gasteiger partial charge < -0.3 is 0 Å². The highest BCUT2D eigenvalue weighted by Crippen LogP contribution is 2.08. The van der Waals surface area contributed by atoms with Gasteiger partial charge >= 0.3 is 0 Å². The van der Waals surface area contributed by atoms with Crippen LogP contribution < -0.4 is 11.3 Å². The second-order valence-electron chi connectivity index (χ2n) is 3.27. The predicted octanol–water partition coefficient (Wildman–Crippen LogP) is 0.0549. The van der Waals surface area contributed by atoms with Crippen molar-refractivity contribution < 1.29 is 8.42 Å². The number of nitrogens with two attached hydrogens (primary N) is 1. The van der Waals surface area contributed by atoms with Crippen LogP contribution in [0.3, 0.4) is 0 Å². The summed E-state index contributed by atoms with van der Waals surface area (Å²) in [6.45, 7) is 3.41. The van der Waals surface area contributed by atoms with E-state index in [9.17, 15) is 8.42 Å². The summed E-state index contributed by atoms with van der Waals surface area (Å²) >= 11 is 0. The Kier molecular flexibility index (Phi) is 5.77. The highest BCUT2D eigenvalue weighted by molar-refractivity contribution is 7.91. The van der Waals surface area contributed by atoms with E-state index in [1.807, 2.05) is 0 Å². The van der Waals surface area contributed by atoms with Crippen LogP contribution in [0, 0.1) is 11.8 Å². The highest BCUT2D eigenvalue weighted by Gasteiger charge is 2.24. The minimum Gasteiger partial charge on any atom is -0.271 e. The first-order chi connectivity index (χ1) is 6.43. The molecule has 0 radical (unpaired) electrons. The second kappa shape index (κ2) is 6.02. The van der Waals surface area contributed by atoms with Crippen molar-refractivity contribution in [3.63, 3.8) is 0 Å². The molecule has 0 saturated heterocycles. The molecule has 0 aliphatic carbocycles. The number of hydrazine groups is 1. The van der Waals surface area contributed by atoms with Crippen molar-refractivity contribution in [1.29, 1.82) is 0 Å². The van der Waals surface area contributed by atoms with Gasteiger partial charge in [0.25, 0.3) is 0 Å². The van der Waals surface area contributed by atoms with E-state index in [1.54, 1.807) is 13.8 Å². The Balaban J connectivity index is 4.32. The predicted molar refractivity (Wildman–Crippen MR) is 58.1 cm³/mol. The van der Waals surface area contributed by atoms with Crippen molar-refractivity contribution >= 4 is 9.84 Å². The first-order valence-electron chi connectivity index (χ1n) is 4.48. The van der Waals surface area contributed by atoms with Crippen LogP contribution in [0.1, 0.15) is 26.7 Å². The van der Waals surface area contributed by atoms with E-state index in [0.29, 0.717) is 12.8 Å². The molecule has 0 fully saturated rings. The van der Waals surface area contributed by atoms with E-state index in [0.717, 1.165) is 0 Å². The fourth-order valence-electron chi connectivity index (χ4n) is 1.10. The molecule has 0 aromatic carbocycles. The molecular weight excluding hydrogens is 200 g/mol. The Morgan fingerprint density at radius 1 is 1.50 bits per heavy atom. The van der Waals surface area contributed by atoms with Gasteiger partial charge in [0.1, 0.15) is 0 Å². The van der Waals surface area contributed by atoms with Crippen LogP contribution in [-0.4, -0.2) is 26.0 Å². The Morgan fingerprint density at radius 2 is 2.07 bits per heavy atom. The quantitative estimate of drug-likeness (QED) is 0.389. The third kappa shape index (κ3) is 4.61. The van der Waals surface area contributed by atoms with Gasteiger partial charge in [0.05, 0.1) is 5.25 Å². The lowest BCUT2D eigenvalue weighted by Gasteiger charge is -2.20. The van der Waals surface area contributed by atoms with Gasteiger partial charge in [-0.15, -0.1) is 11.8 Å². The van der Waals surface area contributed by atoms with E-state index >= 15 is 0 Å². The van der Waals surface area contributed by atoms with Crippen LogP contribution in [0.15, 0.2) is 0 Å². The molecule has 14 heavy (non-hydrogen) atoms. The standard InChI is InChI=1S/C9H18N2O2S/c1-4-5-6-7-9(11-10)8(2)14(3,12)13/h8-9,11H,6-7,10H2,1-3H3. The normalized spacial score (nSPS) is 15.4. The maximum Gasteiger partial charge on any atom is 0.151 e. The van der Waals surface area contributed by atoms with Crippen molar-refractivity contribution in [3.05, 3.63) is 0 Å². The molecule has 0 spiro atoms. The molecule has 0 saturated carbocycles. The molecule has 0 aromatic rings. The number of rotatable bonds is 5. The molecular formula is C9H18N2O2S. The Bertz CT molecular complexity index is 313. The molecule has 0 amide bonds. The molecule has 4 nitrogen and oxygen atoms in total. The lowest BCUT2D eigenvalue weighted by Crippen LogP contribution is -2.45. The third-order valence-electron chi connectivity index (χ3n) is 2.21. The van der Waals surface area contributed by atoms with E-state index < -0.39 is 15.1 Å². The zero-order chi connectivity index (χ0) is 11.2. The van der Waals surface area contributed by atoms with Gasteiger partial charge in [-0.3, -0.25) is 11.3 Å². The summed E-state index contributed by atoms with van der Waals surface area (Å²) < 4.78 is 22.5. The van der Waals surface area contributed by atoms with Crippen LogP contribution >= 0.6 is 0 Å². The topological polar surface area (TPSA) is 72.2 Å². The molecule has 82 valence electrons. The molecule has 0 heterocycles. The lowest BCUT2D eigenvalue weighted by molar-refractivity contribution is 0.475. The van der Waals surface area contributed by atoms with Crippen LogP contribution in [0.4, 0.5) is 0 Å². The van der Waals surface area contributed by atoms with Gasteiger partial charge in [-0.1, -0.05) is 0 Å². The average molecular weight is 218 g/mol. The third-order valence-corrected chi connectivity index (χ3v) is 3.89. The zero-order valence-electron chi connectivity index (χ0n) is 8.87. The SMILES string of the molecule is CC#CCCC(NN)C(C)S(C)(=O)=O. The fourth-order valence-corrected chi connectivity index (χ4v) is 1.92. The van der Waals surface area contributed by atoms with Crippen molar-refractivity contribution in [2.24, 2.45) is 5.84 Å². The molecule has 2 atom stereocenters. The minimum absolute atomic E-state index is 0.231. The summed E-state index contributed by atoms with van der Waals surface area (Å²) in [4.78, 5) is 0. The fraction of sp³-hybridized carbons (Fsp3) is 0.778. The molecule has 2 unspecified atom stereocenters. The summed E-state index contributed by atoms with van der Waals surface area (Å²) in [6.07, 6.45) is 2.52. The second-order valence-corrected chi connectivity index (χ2v) is 5.68. The number of hydrogen-bond donors (Lipinski definition) is 2. The Labute approximate surface area is 86.1 Å². The van der Waals surface area contributed by atoms with Crippen molar-refractivity contribution in [3.8, 4) is 11.8 Å². The van der Waals surface area contributed by atoms with Gasteiger partial charge in [0.15, 0.2) is 9.84 Å². The molecule has 0 rings (SSSR count). The summed E-state index contributed by atoms with van der Waals surface area (Å²) in [5, 5.41) is -0.480. The Hall–Kier alpha value is -0.570. The van der Waals surface area contributed by atoms with Gasteiger partial charge in [-0.2, -0.15) is 0 Å². The Morgan fingerprint density at radius 3 is 2.43 bits per heavy atom. The van der Waals surface area contributed by atoms with Crippen molar-refractivity contribution in [2.45, 2.75) is 38.0 Å². The van der Waals surface area contributed by atoms with Gasteiger partial charge in [-0.25, -0.2) is 8.42 Å². The lowest BCUT2D eigenvalue weighted by atomic mass is 10.1. The minimum atomic E-state index is -3.04. The summed E-state index contributed by atoms with van der Waals surface area (Å²) in [5.41, 5.74) is 2.52. The molecule has 0 aliphatic rings. The summed E-state index contributed by atoms with van der Waals surface area (Å²) in [6, 6.07) is -0.231. The van der Waals surface area contributed by atoms with E-state index in [-0.39, 0.29) is 6.04 Å². The molecule has 5 heteroatoms. The largest absolute Gasteiger partial charge is 0.271 e. The molecule has 0 bridgehead atoms. The molecule has 3 N–H and O–H groups in total. The van der Waals surface area contributed by atoms with E-state index in [2.05, 4.69) is 17.3 Å². The number of sulfone groups is 1. The van der Waals surface area contributed by atoms with Gasteiger partial charge in [0.2, 0.25) is 0 Å². The van der Waals surface area contributed by atoms with Crippen LogP contribution in [0.25, 0.3) is 0 Å². The average Bonchev–Trinajstić information content (AvgIpc) is 2.10. The van der Waals surface area contributed by atoms with Gasteiger partial charge in [-0.05, 0) is 20.3 Å². The smallest absolute Gasteiger partial charge is 0.151 e. The van der Waals surface area contributed by atoms with Crippen LogP contribution in [0.2, 0.25) is 0 Å². The zero-order valence-corrected chi connectivity index (χ0v) is 9.69. The maximum absolute atomic E-state index is 11.2. The number of hydrogen-bond acceptors (Lipinski definition) is 4. The van der Waals surface area contributed by atoms with E-state index in [1.165, 1.54) is 6.26 Å². The van der Waals surface area contributed by atoms with E-state index in [4.69, 9.17) is 5.84 Å². The van der Waals surface area contributed by atoms with Crippen molar-refractivity contribution in [2.75, 3.05) is 6.26 Å². The van der Waals surface area contributed by atoms with Crippen LogP contribution in [-0.2, 0) is 9.84 Å². The molecule has 0 aromatic heterocycles. The highest BCUT2D eigenvalue weighted by atomic mass is 32.2. The summed E-state index contributed by atoms with van der Waals surface area (Å²) in [5.74, 6) is 10.9. The molecule has 0 aliphatic heterocycles. The summed E-state index contributed by atoms with van der Waals surface area (Å²) in [7, 11) is -3.04. The monoisotopic (exact) mass is 218 g/mol.